The molecule has 2 N–H and O–H groups in total. The largest absolute Gasteiger partial charge is 0.508 e. The zero-order valence-corrected chi connectivity index (χ0v) is 11.0. The molecule has 2 aromatic rings. The van der Waals surface area contributed by atoms with Gasteiger partial charge in [0.15, 0.2) is 0 Å². The highest BCUT2D eigenvalue weighted by atomic mass is 32.1. The van der Waals surface area contributed by atoms with Gasteiger partial charge >= 0.3 is 0 Å². The van der Waals surface area contributed by atoms with Crippen molar-refractivity contribution in [2.24, 2.45) is 0 Å². The first-order valence-electron chi connectivity index (χ1n) is 5.78. The van der Waals surface area contributed by atoms with E-state index < -0.39 is 0 Å². The lowest BCUT2D eigenvalue weighted by Gasteiger charge is -2.13. The molecule has 4 heteroatoms. The van der Waals surface area contributed by atoms with Gasteiger partial charge in [0.05, 0.1) is 19.1 Å². The molecule has 1 atom stereocenters. The van der Waals surface area contributed by atoms with E-state index in [4.69, 9.17) is 9.84 Å². The first kappa shape index (κ1) is 12.9. The standard InChI is InChI=1S/C14H16O3S/c1-10-2-7-14(18-10)11(8-15)9-17-13-5-3-12(16)4-6-13/h2-7,11,15-16H,8-9H2,1H3. The van der Waals surface area contributed by atoms with Crippen molar-refractivity contribution < 1.29 is 14.9 Å². The van der Waals surface area contributed by atoms with Gasteiger partial charge in [0.2, 0.25) is 0 Å². The maximum atomic E-state index is 9.40. The molecule has 1 heterocycles. The fourth-order valence-corrected chi connectivity index (χ4v) is 2.59. The topological polar surface area (TPSA) is 49.7 Å². The van der Waals surface area contributed by atoms with Crippen molar-refractivity contribution in [3.8, 4) is 11.5 Å². The average molecular weight is 264 g/mol. The minimum Gasteiger partial charge on any atom is -0.508 e. The van der Waals surface area contributed by atoms with Gasteiger partial charge in [-0.05, 0) is 43.3 Å². The summed E-state index contributed by atoms with van der Waals surface area (Å²) in [6, 6.07) is 10.7. The normalized spacial score (nSPS) is 12.3. The number of aliphatic hydroxyl groups excluding tert-OH is 1. The molecule has 96 valence electrons. The zero-order chi connectivity index (χ0) is 13.0. The third-order valence-electron chi connectivity index (χ3n) is 2.67. The molecule has 0 aliphatic heterocycles. The number of benzene rings is 1. The van der Waals surface area contributed by atoms with Crippen LogP contribution >= 0.6 is 11.3 Å². The monoisotopic (exact) mass is 264 g/mol. The lowest BCUT2D eigenvalue weighted by atomic mass is 10.1. The van der Waals surface area contributed by atoms with Crippen molar-refractivity contribution in [3.05, 3.63) is 46.2 Å². The zero-order valence-electron chi connectivity index (χ0n) is 10.2. The van der Waals surface area contributed by atoms with Crippen molar-refractivity contribution in [2.45, 2.75) is 12.8 Å². The highest BCUT2D eigenvalue weighted by molar-refractivity contribution is 7.12. The summed E-state index contributed by atoms with van der Waals surface area (Å²) in [5, 5.41) is 18.6. The van der Waals surface area contributed by atoms with Crippen LogP contribution in [-0.2, 0) is 0 Å². The van der Waals surface area contributed by atoms with E-state index in [9.17, 15) is 5.11 Å². The van der Waals surface area contributed by atoms with Gasteiger partial charge < -0.3 is 14.9 Å². The molecule has 2 rings (SSSR count). The van der Waals surface area contributed by atoms with Crippen LogP contribution in [0.1, 0.15) is 15.7 Å². The molecule has 18 heavy (non-hydrogen) atoms. The number of rotatable bonds is 5. The fourth-order valence-electron chi connectivity index (χ4n) is 1.64. The number of hydrogen-bond donors (Lipinski definition) is 2. The first-order valence-corrected chi connectivity index (χ1v) is 6.59. The minimum atomic E-state index is -0.00231. The van der Waals surface area contributed by atoms with Crippen molar-refractivity contribution in [1.82, 2.24) is 0 Å². The van der Waals surface area contributed by atoms with Gasteiger partial charge in [-0.3, -0.25) is 0 Å². The molecular weight excluding hydrogens is 248 g/mol. The predicted molar refractivity (Wildman–Crippen MR) is 72.5 cm³/mol. The fraction of sp³-hybridized carbons (Fsp3) is 0.286. The van der Waals surface area contributed by atoms with E-state index in [1.807, 2.05) is 19.1 Å². The summed E-state index contributed by atoms with van der Waals surface area (Å²) in [7, 11) is 0. The number of aromatic hydroxyl groups is 1. The van der Waals surface area contributed by atoms with Gasteiger partial charge in [-0.15, -0.1) is 11.3 Å². The van der Waals surface area contributed by atoms with Crippen molar-refractivity contribution in [2.75, 3.05) is 13.2 Å². The molecule has 1 aromatic carbocycles. The van der Waals surface area contributed by atoms with E-state index >= 15 is 0 Å². The lowest BCUT2D eigenvalue weighted by Crippen LogP contribution is -2.12. The van der Waals surface area contributed by atoms with Gasteiger partial charge in [0.25, 0.3) is 0 Å². The van der Waals surface area contributed by atoms with Crippen molar-refractivity contribution >= 4 is 11.3 Å². The Kier molecular flexibility index (Phi) is 4.23. The van der Waals surface area contributed by atoms with E-state index in [1.165, 1.54) is 4.88 Å². The van der Waals surface area contributed by atoms with Crippen LogP contribution in [0, 0.1) is 6.92 Å². The summed E-state index contributed by atoms with van der Waals surface area (Å²) in [4.78, 5) is 2.36. The van der Waals surface area contributed by atoms with E-state index in [1.54, 1.807) is 35.6 Å². The molecule has 0 bridgehead atoms. The van der Waals surface area contributed by atoms with Gasteiger partial charge in [0.1, 0.15) is 11.5 Å². The van der Waals surface area contributed by atoms with Crippen LogP contribution in [-0.4, -0.2) is 23.4 Å². The van der Waals surface area contributed by atoms with Gasteiger partial charge in [-0.25, -0.2) is 0 Å². The number of phenols is 1. The summed E-state index contributed by atoms with van der Waals surface area (Å²) < 4.78 is 5.61. The lowest BCUT2D eigenvalue weighted by molar-refractivity contribution is 0.206. The van der Waals surface area contributed by atoms with Crippen LogP contribution in [0.4, 0.5) is 0 Å². The third-order valence-corrected chi connectivity index (χ3v) is 3.83. The molecule has 0 aliphatic rings. The van der Waals surface area contributed by atoms with Crippen LogP contribution in [0.15, 0.2) is 36.4 Å². The highest BCUT2D eigenvalue weighted by Gasteiger charge is 2.13. The van der Waals surface area contributed by atoms with E-state index in [2.05, 4.69) is 0 Å². The summed E-state index contributed by atoms with van der Waals surface area (Å²) >= 11 is 1.68. The smallest absolute Gasteiger partial charge is 0.119 e. The molecule has 1 unspecified atom stereocenters. The van der Waals surface area contributed by atoms with Crippen LogP contribution in [0.3, 0.4) is 0 Å². The first-order chi connectivity index (χ1) is 8.69. The highest BCUT2D eigenvalue weighted by Crippen LogP contribution is 2.25. The second-order valence-corrected chi connectivity index (χ2v) is 5.45. The number of aliphatic hydroxyl groups is 1. The molecule has 0 radical (unpaired) electrons. The Morgan fingerprint density at radius 3 is 2.44 bits per heavy atom. The van der Waals surface area contributed by atoms with Crippen LogP contribution in [0.25, 0.3) is 0 Å². The van der Waals surface area contributed by atoms with Gasteiger partial charge in [-0.2, -0.15) is 0 Å². The summed E-state index contributed by atoms with van der Waals surface area (Å²) in [5.74, 6) is 0.909. The van der Waals surface area contributed by atoms with Crippen molar-refractivity contribution in [3.63, 3.8) is 0 Å². The Morgan fingerprint density at radius 2 is 1.89 bits per heavy atom. The van der Waals surface area contributed by atoms with Crippen LogP contribution < -0.4 is 4.74 Å². The quantitative estimate of drug-likeness (QED) is 0.873. The van der Waals surface area contributed by atoms with Gasteiger partial charge in [-0.1, -0.05) is 0 Å². The predicted octanol–water partition coefficient (Wildman–Crippen LogP) is 2.92. The Morgan fingerprint density at radius 1 is 1.17 bits per heavy atom. The van der Waals surface area contributed by atoms with Crippen LogP contribution in [0.2, 0.25) is 0 Å². The molecule has 3 nitrogen and oxygen atoms in total. The number of phenolic OH excluding ortho intramolecular Hbond substituents is 1. The van der Waals surface area contributed by atoms with E-state index in [0.717, 1.165) is 4.88 Å². The van der Waals surface area contributed by atoms with Gasteiger partial charge in [0, 0.05) is 9.75 Å². The molecule has 0 spiro atoms. The van der Waals surface area contributed by atoms with Crippen molar-refractivity contribution in [1.29, 1.82) is 0 Å². The molecule has 0 fully saturated rings. The Hall–Kier alpha value is -1.52. The maximum Gasteiger partial charge on any atom is 0.119 e. The summed E-state index contributed by atoms with van der Waals surface area (Å²) in [6.45, 7) is 2.54. The average Bonchev–Trinajstić information content (AvgIpc) is 2.79. The van der Waals surface area contributed by atoms with Crippen LogP contribution in [0.5, 0.6) is 11.5 Å². The molecule has 0 saturated carbocycles. The number of thiophene rings is 1. The Labute approximate surface area is 110 Å². The minimum absolute atomic E-state index is 0.00231. The second kappa shape index (κ2) is 5.89. The Bertz CT molecular complexity index is 490. The number of ether oxygens (including phenoxy) is 1. The maximum absolute atomic E-state index is 9.40. The number of hydrogen-bond acceptors (Lipinski definition) is 4. The molecule has 1 aromatic heterocycles. The number of aryl methyl sites for hydroxylation is 1. The van der Waals surface area contributed by atoms with E-state index in [0.29, 0.717) is 12.4 Å². The Balaban J connectivity index is 1.97. The third kappa shape index (κ3) is 3.24. The molecule has 0 saturated heterocycles. The summed E-state index contributed by atoms with van der Waals surface area (Å²) in [6.07, 6.45) is 0. The molecule has 0 aliphatic carbocycles. The molecular formula is C14H16O3S. The molecule has 0 amide bonds. The second-order valence-electron chi connectivity index (χ2n) is 4.13. The van der Waals surface area contributed by atoms with E-state index in [-0.39, 0.29) is 18.3 Å². The summed E-state index contributed by atoms with van der Waals surface area (Å²) in [5.41, 5.74) is 0. The SMILES string of the molecule is Cc1ccc(C(CO)COc2ccc(O)cc2)s1.